The van der Waals surface area contributed by atoms with Crippen LogP contribution >= 0.6 is 12.4 Å². The highest BCUT2D eigenvalue weighted by molar-refractivity contribution is 6.05. The third-order valence-corrected chi connectivity index (χ3v) is 3.81. The molecule has 0 aliphatic heterocycles. The zero-order valence-corrected chi connectivity index (χ0v) is 15.0. The van der Waals surface area contributed by atoms with E-state index >= 15 is 0 Å². The number of nitrogens with two attached hydrogens (primary N) is 1. The van der Waals surface area contributed by atoms with E-state index in [-0.39, 0.29) is 18.3 Å². The van der Waals surface area contributed by atoms with Crippen molar-refractivity contribution < 1.29 is 4.79 Å². The van der Waals surface area contributed by atoms with Gasteiger partial charge < -0.3 is 16.4 Å². The fraction of sp³-hybridized carbons (Fsp3) is 0.100. The third kappa shape index (κ3) is 5.31. The van der Waals surface area contributed by atoms with E-state index in [1.807, 2.05) is 54.7 Å². The lowest BCUT2D eigenvalue weighted by Crippen LogP contribution is -2.14. The molecule has 0 saturated carbocycles. The van der Waals surface area contributed by atoms with Crippen LogP contribution in [0.5, 0.6) is 0 Å². The van der Waals surface area contributed by atoms with Gasteiger partial charge in [0.25, 0.3) is 5.91 Å². The fourth-order valence-electron chi connectivity index (χ4n) is 2.43. The molecule has 26 heavy (non-hydrogen) atoms. The highest BCUT2D eigenvalue weighted by atomic mass is 35.5. The molecule has 0 atom stereocenters. The molecule has 0 radical (unpaired) electrons. The second kappa shape index (κ2) is 9.56. The van der Waals surface area contributed by atoms with Crippen LogP contribution in [0.25, 0.3) is 0 Å². The molecule has 5 nitrogen and oxygen atoms in total. The van der Waals surface area contributed by atoms with Gasteiger partial charge >= 0.3 is 0 Å². The summed E-state index contributed by atoms with van der Waals surface area (Å²) in [6, 6.07) is 18.7. The van der Waals surface area contributed by atoms with Gasteiger partial charge in [-0.25, -0.2) is 0 Å². The summed E-state index contributed by atoms with van der Waals surface area (Å²) in [4.78, 5) is 16.4. The molecule has 4 N–H and O–H groups in total. The maximum absolute atomic E-state index is 12.3. The van der Waals surface area contributed by atoms with Crippen molar-refractivity contribution >= 4 is 29.7 Å². The predicted molar refractivity (Wildman–Crippen MR) is 107 cm³/mol. The van der Waals surface area contributed by atoms with Crippen molar-refractivity contribution in [3.63, 3.8) is 0 Å². The maximum atomic E-state index is 12.3. The molecule has 0 fully saturated rings. The van der Waals surface area contributed by atoms with Crippen LogP contribution in [0.15, 0.2) is 73.1 Å². The SMILES string of the molecule is Cl.Nc1ccccc1NC(=O)c1ccc(CNCc2cccnc2)cc1. The summed E-state index contributed by atoms with van der Waals surface area (Å²) >= 11 is 0. The molecule has 134 valence electrons. The Kier molecular flexibility index (Phi) is 7.14. The largest absolute Gasteiger partial charge is 0.397 e. The van der Waals surface area contributed by atoms with Crippen LogP contribution in [-0.2, 0) is 13.1 Å². The maximum Gasteiger partial charge on any atom is 0.255 e. The first-order chi connectivity index (χ1) is 12.2. The van der Waals surface area contributed by atoms with Gasteiger partial charge in [-0.1, -0.05) is 30.3 Å². The summed E-state index contributed by atoms with van der Waals surface area (Å²) in [5, 5.41) is 6.18. The molecule has 1 amide bonds. The number of halogens is 1. The number of carbonyl (C=O) groups excluding carboxylic acids is 1. The second-order valence-electron chi connectivity index (χ2n) is 5.70. The second-order valence-corrected chi connectivity index (χ2v) is 5.70. The fourth-order valence-corrected chi connectivity index (χ4v) is 2.43. The normalized spacial score (nSPS) is 10.0. The zero-order chi connectivity index (χ0) is 17.5. The molecule has 0 unspecified atom stereocenters. The molecule has 1 heterocycles. The first-order valence-corrected chi connectivity index (χ1v) is 8.07. The first-order valence-electron chi connectivity index (χ1n) is 8.07. The average Bonchev–Trinajstić information content (AvgIpc) is 2.65. The van der Waals surface area contributed by atoms with Gasteiger partial charge in [-0.05, 0) is 41.5 Å². The van der Waals surface area contributed by atoms with Crippen molar-refractivity contribution in [2.75, 3.05) is 11.1 Å². The summed E-state index contributed by atoms with van der Waals surface area (Å²) in [6.45, 7) is 1.48. The number of para-hydroxylation sites is 2. The van der Waals surface area contributed by atoms with E-state index in [4.69, 9.17) is 5.73 Å². The quantitative estimate of drug-likeness (QED) is 0.580. The van der Waals surface area contributed by atoms with E-state index in [0.717, 1.165) is 24.2 Å². The van der Waals surface area contributed by atoms with E-state index in [9.17, 15) is 4.79 Å². The number of hydrogen-bond donors (Lipinski definition) is 3. The summed E-state index contributed by atoms with van der Waals surface area (Å²) in [5.74, 6) is -0.173. The van der Waals surface area contributed by atoms with Crippen LogP contribution in [-0.4, -0.2) is 10.9 Å². The molecule has 0 bridgehead atoms. The van der Waals surface area contributed by atoms with Crippen molar-refractivity contribution in [2.24, 2.45) is 0 Å². The molecule has 3 rings (SSSR count). The van der Waals surface area contributed by atoms with Gasteiger partial charge in [0.15, 0.2) is 0 Å². The standard InChI is InChI=1S/C20H20N4O.ClH/c21-18-5-1-2-6-19(18)24-20(25)17-9-7-15(8-10-17)12-23-14-16-4-3-11-22-13-16;/h1-11,13,23H,12,14,21H2,(H,24,25);1H. The third-order valence-electron chi connectivity index (χ3n) is 3.81. The lowest BCUT2D eigenvalue weighted by atomic mass is 10.1. The van der Waals surface area contributed by atoms with Crippen LogP contribution in [0.2, 0.25) is 0 Å². The van der Waals surface area contributed by atoms with Gasteiger partial charge in [0, 0.05) is 31.0 Å². The van der Waals surface area contributed by atoms with Gasteiger partial charge in [-0.2, -0.15) is 0 Å². The van der Waals surface area contributed by atoms with Gasteiger partial charge in [-0.3, -0.25) is 9.78 Å². The van der Waals surface area contributed by atoms with E-state index in [1.165, 1.54) is 0 Å². The molecule has 0 aliphatic rings. The Bertz CT molecular complexity index is 838. The van der Waals surface area contributed by atoms with Gasteiger partial charge in [0.2, 0.25) is 0 Å². The molecule has 0 aliphatic carbocycles. The lowest BCUT2D eigenvalue weighted by molar-refractivity contribution is 0.102. The monoisotopic (exact) mass is 368 g/mol. The number of nitrogens with one attached hydrogen (secondary N) is 2. The number of rotatable bonds is 6. The van der Waals surface area contributed by atoms with Crippen molar-refractivity contribution in [3.8, 4) is 0 Å². The molecular formula is C20H21ClN4O. The number of nitrogens with zero attached hydrogens (tertiary/aromatic N) is 1. The predicted octanol–water partition coefficient (Wildman–Crippen LogP) is 3.63. The van der Waals surface area contributed by atoms with Crippen molar-refractivity contribution in [1.29, 1.82) is 0 Å². The number of pyridine rings is 1. The highest BCUT2D eigenvalue weighted by Crippen LogP contribution is 2.18. The highest BCUT2D eigenvalue weighted by Gasteiger charge is 2.07. The van der Waals surface area contributed by atoms with Crippen molar-refractivity contribution in [3.05, 3.63) is 89.7 Å². The van der Waals surface area contributed by atoms with Gasteiger partial charge in [0.05, 0.1) is 11.4 Å². The summed E-state index contributed by atoms with van der Waals surface area (Å²) < 4.78 is 0. The number of hydrogen-bond acceptors (Lipinski definition) is 4. The molecular weight excluding hydrogens is 348 g/mol. The van der Waals surface area contributed by atoms with Crippen LogP contribution < -0.4 is 16.4 Å². The Morgan fingerprint density at radius 1 is 0.923 bits per heavy atom. The van der Waals surface area contributed by atoms with Gasteiger partial charge in [-0.15, -0.1) is 12.4 Å². The Balaban J connectivity index is 0.00000243. The van der Waals surface area contributed by atoms with E-state index in [0.29, 0.717) is 16.9 Å². The minimum atomic E-state index is -0.173. The number of anilines is 2. The Hall–Kier alpha value is -2.89. The minimum Gasteiger partial charge on any atom is -0.397 e. The first kappa shape index (κ1) is 19.4. The molecule has 0 spiro atoms. The van der Waals surface area contributed by atoms with E-state index < -0.39 is 0 Å². The van der Waals surface area contributed by atoms with Gasteiger partial charge in [0.1, 0.15) is 0 Å². The number of amides is 1. The topological polar surface area (TPSA) is 80.0 Å². The average molecular weight is 369 g/mol. The minimum absolute atomic E-state index is 0. The lowest BCUT2D eigenvalue weighted by Gasteiger charge is -2.09. The Morgan fingerprint density at radius 2 is 1.65 bits per heavy atom. The van der Waals surface area contributed by atoms with Crippen LogP contribution in [0, 0.1) is 0 Å². The number of nitrogen functional groups attached to an aromatic ring is 1. The molecule has 0 saturated heterocycles. The van der Waals surface area contributed by atoms with Crippen LogP contribution in [0.4, 0.5) is 11.4 Å². The number of benzene rings is 2. The smallest absolute Gasteiger partial charge is 0.255 e. The van der Waals surface area contributed by atoms with Crippen LogP contribution in [0.3, 0.4) is 0 Å². The summed E-state index contributed by atoms with van der Waals surface area (Å²) in [7, 11) is 0. The van der Waals surface area contributed by atoms with E-state index in [1.54, 1.807) is 18.3 Å². The van der Waals surface area contributed by atoms with Crippen LogP contribution in [0.1, 0.15) is 21.5 Å². The Morgan fingerprint density at radius 3 is 2.35 bits per heavy atom. The molecule has 6 heteroatoms. The molecule has 3 aromatic rings. The number of aromatic nitrogens is 1. The zero-order valence-electron chi connectivity index (χ0n) is 14.2. The molecule has 1 aromatic heterocycles. The summed E-state index contributed by atoms with van der Waals surface area (Å²) in [5.41, 5.74) is 9.86. The van der Waals surface area contributed by atoms with E-state index in [2.05, 4.69) is 15.6 Å². The Labute approximate surface area is 159 Å². The number of carbonyl (C=O) groups is 1. The summed E-state index contributed by atoms with van der Waals surface area (Å²) in [6.07, 6.45) is 3.60. The molecule has 2 aromatic carbocycles. The van der Waals surface area contributed by atoms with Crippen molar-refractivity contribution in [1.82, 2.24) is 10.3 Å². The van der Waals surface area contributed by atoms with Crippen molar-refractivity contribution in [2.45, 2.75) is 13.1 Å².